The van der Waals surface area contributed by atoms with Gasteiger partial charge in [0.1, 0.15) is 10.7 Å². The molecule has 22 heavy (non-hydrogen) atoms. The molecule has 1 aliphatic heterocycles. The molecule has 0 unspecified atom stereocenters. The Kier molecular flexibility index (Phi) is 4.76. The summed E-state index contributed by atoms with van der Waals surface area (Å²) in [6.07, 6.45) is 2.24. The quantitative estimate of drug-likeness (QED) is 0.854. The second-order valence-electron chi connectivity index (χ2n) is 5.37. The zero-order valence-corrected chi connectivity index (χ0v) is 13.9. The summed E-state index contributed by atoms with van der Waals surface area (Å²) in [7, 11) is 1.79. The molecule has 1 aromatic heterocycles. The topological polar surface area (TPSA) is 42.4 Å². The molecule has 1 atom stereocenters. The van der Waals surface area contributed by atoms with Crippen LogP contribution in [0.5, 0.6) is 0 Å². The van der Waals surface area contributed by atoms with Crippen LogP contribution in [-0.4, -0.2) is 42.1 Å². The first-order chi connectivity index (χ1) is 10.6. The molecule has 2 aromatic rings. The van der Waals surface area contributed by atoms with Crippen molar-refractivity contribution in [3.63, 3.8) is 0 Å². The van der Waals surface area contributed by atoms with Crippen molar-refractivity contribution in [2.75, 3.05) is 20.2 Å². The Balaban J connectivity index is 1.71. The van der Waals surface area contributed by atoms with Crippen LogP contribution in [-0.2, 0) is 4.74 Å². The SMILES string of the molecule is CN(C[C@@H]1CCCO1)C(=O)c1csc(-c2cccc(Cl)c2)n1. The Labute approximate surface area is 138 Å². The number of carbonyl (C=O) groups is 1. The van der Waals surface area contributed by atoms with Gasteiger partial charge in [-0.25, -0.2) is 4.98 Å². The summed E-state index contributed by atoms with van der Waals surface area (Å²) < 4.78 is 5.57. The summed E-state index contributed by atoms with van der Waals surface area (Å²) in [6, 6.07) is 7.49. The molecule has 6 heteroatoms. The van der Waals surface area contributed by atoms with Crippen molar-refractivity contribution < 1.29 is 9.53 Å². The van der Waals surface area contributed by atoms with E-state index in [9.17, 15) is 4.79 Å². The summed E-state index contributed by atoms with van der Waals surface area (Å²) >= 11 is 7.45. The number of thiazole rings is 1. The lowest BCUT2D eigenvalue weighted by Gasteiger charge is -2.19. The molecule has 0 aliphatic carbocycles. The van der Waals surface area contributed by atoms with Crippen molar-refractivity contribution in [1.82, 2.24) is 9.88 Å². The summed E-state index contributed by atoms with van der Waals surface area (Å²) in [5.41, 5.74) is 1.40. The number of benzene rings is 1. The van der Waals surface area contributed by atoms with Crippen molar-refractivity contribution in [1.29, 1.82) is 0 Å². The number of likely N-dealkylation sites (N-methyl/N-ethyl adjacent to an activating group) is 1. The van der Waals surface area contributed by atoms with Crippen LogP contribution >= 0.6 is 22.9 Å². The average molecular weight is 337 g/mol. The predicted molar refractivity (Wildman–Crippen MR) is 88.5 cm³/mol. The van der Waals surface area contributed by atoms with Gasteiger partial charge in [0.2, 0.25) is 0 Å². The summed E-state index contributed by atoms with van der Waals surface area (Å²) in [6.45, 7) is 1.41. The highest BCUT2D eigenvalue weighted by molar-refractivity contribution is 7.13. The van der Waals surface area contributed by atoms with E-state index in [0.29, 0.717) is 17.3 Å². The molecule has 2 heterocycles. The van der Waals surface area contributed by atoms with Gasteiger partial charge in [-0.2, -0.15) is 0 Å². The molecule has 1 aliphatic rings. The third kappa shape index (κ3) is 3.48. The Bertz CT molecular complexity index is 668. The van der Waals surface area contributed by atoms with Gasteiger partial charge < -0.3 is 9.64 Å². The van der Waals surface area contributed by atoms with Crippen molar-refractivity contribution >= 4 is 28.8 Å². The smallest absolute Gasteiger partial charge is 0.273 e. The predicted octanol–water partition coefficient (Wildman–Crippen LogP) is 3.71. The molecule has 3 rings (SSSR count). The molecular weight excluding hydrogens is 320 g/mol. The number of hydrogen-bond acceptors (Lipinski definition) is 4. The summed E-state index contributed by atoms with van der Waals surface area (Å²) in [5.74, 6) is -0.0694. The van der Waals surface area contributed by atoms with Crippen LogP contribution in [0.15, 0.2) is 29.6 Å². The van der Waals surface area contributed by atoms with E-state index >= 15 is 0 Å². The summed E-state index contributed by atoms with van der Waals surface area (Å²) in [4.78, 5) is 18.6. The van der Waals surface area contributed by atoms with Gasteiger partial charge in [-0.15, -0.1) is 11.3 Å². The highest BCUT2D eigenvalue weighted by Crippen LogP contribution is 2.26. The van der Waals surface area contributed by atoms with Crippen LogP contribution in [0.4, 0.5) is 0 Å². The van der Waals surface area contributed by atoms with Gasteiger partial charge in [0.15, 0.2) is 0 Å². The molecule has 1 fully saturated rings. The van der Waals surface area contributed by atoms with Crippen LogP contribution in [0.25, 0.3) is 10.6 Å². The number of rotatable bonds is 4. The number of halogens is 1. The molecule has 0 saturated carbocycles. The Morgan fingerprint density at radius 3 is 3.14 bits per heavy atom. The van der Waals surface area contributed by atoms with Crippen molar-refractivity contribution in [3.05, 3.63) is 40.4 Å². The van der Waals surface area contributed by atoms with Gasteiger partial charge in [-0.05, 0) is 25.0 Å². The third-order valence-electron chi connectivity index (χ3n) is 3.64. The van der Waals surface area contributed by atoms with Crippen LogP contribution in [0, 0.1) is 0 Å². The number of carbonyl (C=O) groups excluding carboxylic acids is 1. The molecule has 1 amide bonds. The first-order valence-corrected chi connectivity index (χ1v) is 8.48. The lowest BCUT2D eigenvalue weighted by molar-refractivity contribution is 0.0583. The van der Waals surface area contributed by atoms with Crippen molar-refractivity contribution in [2.24, 2.45) is 0 Å². The lowest BCUT2D eigenvalue weighted by atomic mass is 10.2. The molecule has 0 radical (unpaired) electrons. The average Bonchev–Trinajstić information content (AvgIpc) is 3.17. The van der Waals surface area contributed by atoms with Gasteiger partial charge in [0, 0.05) is 36.2 Å². The highest BCUT2D eigenvalue weighted by atomic mass is 35.5. The van der Waals surface area contributed by atoms with E-state index in [0.717, 1.165) is 30.0 Å². The van der Waals surface area contributed by atoms with E-state index in [1.807, 2.05) is 24.3 Å². The van der Waals surface area contributed by atoms with E-state index in [1.54, 1.807) is 17.3 Å². The molecule has 0 bridgehead atoms. The van der Waals surface area contributed by atoms with Crippen molar-refractivity contribution in [3.8, 4) is 10.6 Å². The second-order valence-corrected chi connectivity index (χ2v) is 6.66. The third-order valence-corrected chi connectivity index (χ3v) is 4.77. The van der Waals surface area contributed by atoms with Crippen LogP contribution in [0.3, 0.4) is 0 Å². The minimum absolute atomic E-state index is 0.0694. The van der Waals surface area contributed by atoms with E-state index in [4.69, 9.17) is 16.3 Å². The second kappa shape index (κ2) is 6.77. The largest absolute Gasteiger partial charge is 0.376 e. The van der Waals surface area contributed by atoms with Gasteiger partial charge in [-0.3, -0.25) is 4.79 Å². The molecular formula is C16H17ClN2O2S. The first kappa shape index (κ1) is 15.5. The Morgan fingerprint density at radius 2 is 2.41 bits per heavy atom. The highest BCUT2D eigenvalue weighted by Gasteiger charge is 2.22. The number of ether oxygens (including phenoxy) is 1. The van der Waals surface area contributed by atoms with E-state index < -0.39 is 0 Å². The standard InChI is InChI=1S/C16H17ClN2O2S/c1-19(9-13-6-3-7-21-13)16(20)14-10-22-15(18-14)11-4-2-5-12(17)8-11/h2,4-5,8,10,13H,3,6-7,9H2,1H3/t13-/m0/s1. The van der Waals surface area contributed by atoms with E-state index in [-0.39, 0.29) is 12.0 Å². The first-order valence-electron chi connectivity index (χ1n) is 7.22. The zero-order chi connectivity index (χ0) is 15.5. The number of nitrogens with zero attached hydrogens (tertiary/aromatic N) is 2. The maximum Gasteiger partial charge on any atom is 0.273 e. The minimum atomic E-state index is -0.0694. The van der Waals surface area contributed by atoms with Crippen LogP contribution in [0.1, 0.15) is 23.3 Å². The van der Waals surface area contributed by atoms with Crippen LogP contribution < -0.4 is 0 Å². The monoisotopic (exact) mass is 336 g/mol. The normalized spacial score (nSPS) is 17.6. The van der Waals surface area contributed by atoms with Gasteiger partial charge in [-0.1, -0.05) is 23.7 Å². The minimum Gasteiger partial charge on any atom is -0.376 e. The van der Waals surface area contributed by atoms with Gasteiger partial charge >= 0.3 is 0 Å². The molecule has 0 N–H and O–H groups in total. The fraction of sp³-hybridized carbons (Fsp3) is 0.375. The molecule has 4 nitrogen and oxygen atoms in total. The summed E-state index contributed by atoms with van der Waals surface area (Å²) in [5, 5.41) is 3.26. The van der Waals surface area contributed by atoms with E-state index in [1.165, 1.54) is 11.3 Å². The van der Waals surface area contributed by atoms with Gasteiger partial charge in [0.25, 0.3) is 5.91 Å². The fourth-order valence-corrected chi connectivity index (χ4v) is 3.48. The zero-order valence-electron chi connectivity index (χ0n) is 12.3. The number of amides is 1. The molecule has 0 spiro atoms. The van der Waals surface area contributed by atoms with E-state index in [2.05, 4.69) is 4.98 Å². The Hall–Kier alpha value is -1.43. The fourth-order valence-electron chi connectivity index (χ4n) is 2.50. The lowest BCUT2D eigenvalue weighted by Crippen LogP contribution is -2.34. The number of aromatic nitrogens is 1. The Morgan fingerprint density at radius 1 is 1.55 bits per heavy atom. The molecule has 1 saturated heterocycles. The molecule has 1 aromatic carbocycles. The molecule has 116 valence electrons. The maximum atomic E-state index is 12.4. The number of hydrogen-bond donors (Lipinski definition) is 0. The van der Waals surface area contributed by atoms with Crippen molar-refractivity contribution in [2.45, 2.75) is 18.9 Å². The maximum absolute atomic E-state index is 12.4. The van der Waals surface area contributed by atoms with Crippen LogP contribution in [0.2, 0.25) is 5.02 Å². The van der Waals surface area contributed by atoms with Gasteiger partial charge in [0.05, 0.1) is 6.10 Å².